The van der Waals surface area contributed by atoms with Crippen molar-refractivity contribution in [2.24, 2.45) is 5.92 Å². The Morgan fingerprint density at radius 2 is 2.26 bits per heavy atom. The molecule has 1 fully saturated rings. The molecule has 0 N–H and O–H groups in total. The van der Waals surface area contributed by atoms with Crippen LogP contribution in [0.15, 0.2) is 18.3 Å². The van der Waals surface area contributed by atoms with Gasteiger partial charge in [0.05, 0.1) is 17.4 Å². The Morgan fingerprint density at radius 1 is 1.53 bits per heavy atom. The van der Waals surface area contributed by atoms with Crippen molar-refractivity contribution in [2.75, 3.05) is 18.6 Å². The van der Waals surface area contributed by atoms with Crippen LogP contribution in [0.25, 0.3) is 0 Å². The lowest BCUT2D eigenvalue weighted by Crippen LogP contribution is -2.33. The fraction of sp³-hybridized carbons (Fsp3) is 0.538. The molecule has 0 spiro atoms. The number of rotatable bonds is 3. The quantitative estimate of drug-likeness (QED) is 0.822. The predicted molar refractivity (Wildman–Crippen MR) is 72.2 cm³/mol. The molecular formula is C13H18N2O3S. The molecule has 1 aliphatic heterocycles. The molecule has 1 aromatic rings. The predicted octanol–water partition coefficient (Wildman–Crippen LogP) is 0.783. The van der Waals surface area contributed by atoms with Crippen LogP contribution >= 0.6 is 0 Å². The van der Waals surface area contributed by atoms with E-state index in [0.29, 0.717) is 13.0 Å². The van der Waals surface area contributed by atoms with Crippen LogP contribution in [-0.2, 0) is 21.2 Å². The van der Waals surface area contributed by atoms with E-state index in [0.717, 1.165) is 11.3 Å². The Labute approximate surface area is 113 Å². The second kappa shape index (κ2) is 5.28. The molecule has 1 saturated heterocycles. The Hall–Kier alpha value is -1.43. The number of aryl methyl sites for hydroxylation is 1. The zero-order valence-electron chi connectivity index (χ0n) is 11.2. The van der Waals surface area contributed by atoms with Gasteiger partial charge in [0.25, 0.3) is 0 Å². The maximum absolute atomic E-state index is 12.2. The second-order valence-corrected chi connectivity index (χ2v) is 7.33. The molecule has 6 heteroatoms. The second-order valence-electron chi connectivity index (χ2n) is 5.10. The molecule has 1 unspecified atom stereocenters. The average molecular weight is 282 g/mol. The normalized spacial score (nSPS) is 21.3. The number of carbonyl (C=O) groups excluding carboxylic acids is 1. The molecule has 1 atom stereocenters. The average Bonchev–Trinajstić information content (AvgIpc) is 2.68. The van der Waals surface area contributed by atoms with E-state index in [9.17, 15) is 13.2 Å². The van der Waals surface area contributed by atoms with Crippen molar-refractivity contribution in [2.45, 2.75) is 19.9 Å². The lowest BCUT2D eigenvalue weighted by atomic mass is 10.1. The number of carbonyl (C=O) groups is 1. The molecule has 0 radical (unpaired) electrons. The molecule has 19 heavy (non-hydrogen) atoms. The summed E-state index contributed by atoms with van der Waals surface area (Å²) < 4.78 is 22.8. The van der Waals surface area contributed by atoms with Gasteiger partial charge in [0.1, 0.15) is 0 Å². The van der Waals surface area contributed by atoms with E-state index in [1.54, 1.807) is 18.1 Å². The zero-order chi connectivity index (χ0) is 14.0. The fourth-order valence-corrected chi connectivity index (χ4v) is 4.09. The van der Waals surface area contributed by atoms with Crippen molar-refractivity contribution in [3.63, 3.8) is 0 Å². The fourth-order valence-electron chi connectivity index (χ4n) is 2.36. The summed E-state index contributed by atoms with van der Waals surface area (Å²) in [4.78, 5) is 17.9. The summed E-state index contributed by atoms with van der Waals surface area (Å²) in [5, 5.41) is 0. The Bertz CT molecular complexity index is 583. The first-order valence-electron chi connectivity index (χ1n) is 6.24. The first-order valence-corrected chi connectivity index (χ1v) is 8.06. The van der Waals surface area contributed by atoms with Crippen LogP contribution in [-0.4, -0.2) is 42.8 Å². The van der Waals surface area contributed by atoms with Gasteiger partial charge in [-0.1, -0.05) is 0 Å². The summed E-state index contributed by atoms with van der Waals surface area (Å²) in [6.07, 6.45) is 2.16. The first kappa shape index (κ1) is 14.0. The number of aromatic nitrogens is 1. The van der Waals surface area contributed by atoms with Gasteiger partial charge < -0.3 is 4.90 Å². The third-order valence-corrected chi connectivity index (χ3v) is 5.11. The zero-order valence-corrected chi connectivity index (χ0v) is 12.0. The largest absolute Gasteiger partial charge is 0.341 e. The van der Waals surface area contributed by atoms with Crippen LogP contribution in [0.3, 0.4) is 0 Å². The molecule has 1 amide bonds. The number of nitrogens with zero attached hydrogens (tertiary/aromatic N) is 2. The Morgan fingerprint density at radius 3 is 2.84 bits per heavy atom. The molecule has 104 valence electrons. The number of hydrogen-bond donors (Lipinski definition) is 0. The number of pyridine rings is 1. The van der Waals surface area contributed by atoms with Crippen LogP contribution < -0.4 is 0 Å². The van der Waals surface area contributed by atoms with Crippen LogP contribution in [0, 0.1) is 12.8 Å². The van der Waals surface area contributed by atoms with Crippen molar-refractivity contribution < 1.29 is 13.2 Å². The van der Waals surface area contributed by atoms with Crippen molar-refractivity contribution in [1.82, 2.24) is 9.88 Å². The van der Waals surface area contributed by atoms with Gasteiger partial charge in [-0.2, -0.15) is 0 Å². The summed E-state index contributed by atoms with van der Waals surface area (Å²) >= 11 is 0. The third kappa shape index (κ3) is 3.53. The number of hydrogen-bond acceptors (Lipinski definition) is 4. The van der Waals surface area contributed by atoms with Crippen molar-refractivity contribution in [3.05, 3.63) is 29.6 Å². The number of sulfone groups is 1. The van der Waals surface area contributed by atoms with Crippen molar-refractivity contribution >= 4 is 15.7 Å². The molecule has 0 bridgehead atoms. The van der Waals surface area contributed by atoms with Gasteiger partial charge in [-0.05, 0) is 31.0 Å². The SMILES string of the molecule is Cc1cc(CN(C)C(=O)C2CCS(=O)(=O)C2)ccn1. The van der Waals surface area contributed by atoms with Gasteiger partial charge in [0, 0.05) is 25.5 Å². The molecule has 5 nitrogen and oxygen atoms in total. The standard InChI is InChI=1S/C13H18N2O3S/c1-10-7-11(3-5-14-10)8-15(2)13(16)12-4-6-19(17,18)9-12/h3,5,7,12H,4,6,8-9H2,1-2H3. The summed E-state index contributed by atoms with van der Waals surface area (Å²) in [5.41, 5.74) is 1.91. The Balaban J connectivity index is 2.00. The van der Waals surface area contributed by atoms with E-state index in [1.165, 1.54) is 0 Å². The van der Waals surface area contributed by atoms with Gasteiger partial charge in [-0.3, -0.25) is 9.78 Å². The third-order valence-electron chi connectivity index (χ3n) is 3.34. The minimum absolute atomic E-state index is 0.00839. The highest BCUT2D eigenvalue weighted by Crippen LogP contribution is 2.21. The molecule has 0 aromatic carbocycles. The lowest BCUT2D eigenvalue weighted by molar-refractivity contribution is -0.133. The van der Waals surface area contributed by atoms with E-state index in [-0.39, 0.29) is 23.3 Å². The lowest BCUT2D eigenvalue weighted by Gasteiger charge is -2.20. The monoisotopic (exact) mass is 282 g/mol. The smallest absolute Gasteiger partial charge is 0.226 e. The molecule has 2 heterocycles. The van der Waals surface area contributed by atoms with E-state index in [1.807, 2.05) is 19.1 Å². The Kier molecular flexibility index (Phi) is 3.89. The van der Waals surface area contributed by atoms with Gasteiger partial charge in [-0.15, -0.1) is 0 Å². The maximum Gasteiger partial charge on any atom is 0.226 e. The highest BCUT2D eigenvalue weighted by atomic mass is 32.2. The van der Waals surface area contributed by atoms with Gasteiger partial charge >= 0.3 is 0 Å². The first-order chi connectivity index (χ1) is 8.87. The minimum Gasteiger partial charge on any atom is -0.341 e. The van der Waals surface area contributed by atoms with Crippen molar-refractivity contribution in [1.29, 1.82) is 0 Å². The highest BCUT2D eigenvalue weighted by molar-refractivity contribution is 7.91. The van der Waals surface area contributed by atoms with Crippen molar-refractivity contribution in [3.8, 4) is 0 Å². The van der Waals surface area contributed by atoms with E-state index < -0.39 is 9.84 Å². The van der Waals surface area contributed by atoms with Gasteiger partial charge in [0.2, 0.25) is 5.91 Å². The van der Waals surface area contributed by atoms with Crippen LogP contribution in [0.4, 0.5) is 0 Å². The van der Waals surface area contributed by atoms with Crippen LogP contribution in [0.1, 0.15) is 17.7 Å². The van der Waals surface area contributed by atoms with E-state index in [4.69, 9.17) is 0 Å². The van der Waals surface area contributed by atoms with E-state index >= 15 is 0 Å². The van der Waals surface area contributed by atoms with E-state index in [2.05, 4.69) is 4.98 Å². The highest BCUT2D eigenvalue weighted by Gasteiger charge is 2.34. The topological polar surface area (TPSA) is 67.3 Å². The molecule has 0 saturated carbocycles. The number of amides is 1. The minimum atomic E-state index is -3.01. The summed E-state index contributed by atoms with van der Waals surface area (Å²) in [5.74, 6) is -0.342. The summed E-state index contributed by atoms with van der Waals surface area (Å²) in [6, 6.07) is 3.79. The van der Waals surface area contributed by atoms with Crippen LogP contribution in [0.5, 0.6) is 0 Å². The van der Waals surface area contributed by atoms with Crippen LogP contribution in [0.2, 0.25) is 0 Å². The maximum atomic E-state index is 12.2. The molecule has 0 aliphatic carbocycles. The molecule has 1 aliphatic rings. The van der Waals surface area contributed by atoms with Gasteiger partial charge in [-0.25, -0.2) is 8.42 Å². The summed E-state index contributed by atoms with van der Waals surface area (Å²) in [6.45, 7) is 2.38. The van der Waals surface area contributed by atoms with Gasteiger partial charge in [0.15, 0.2) is 9.84 Å². The molecule has 1 aromatic heterocycles. The molecule has 2 rings (SSSR count). The molecular weight excluding hydrogens is 264 g/mol. The summed E-state index contributed by atoms with van der Waals surface area (Å²) in [7, 11) is -1.30.